The monoisotopic (exact) mass is 244 g/mol. The Kier molecular flexibility index (Phi) is 2.78. The van der Waals surface area contributed by atoms with Gasteiger partial charge in [0.15, 0.2) is 0 Å². The zero-order chi connectivity index (χ0) is 12.2. The summed E-state index contributed by atoms with van der Waals surface area (Å²) in [5.74, 6) is 0. The minimum Gasteiger partial charge on any atom is -0.389 e. The minimum atomic E-state index is -2.04. The molecule has 0 aromatic heterocycles. The van der Waals surface area contributed by atoms with Crippen LogP contribution in [0.4, 0.5) is 0 Å². The lowest BCUT2D eigenvalue weighted by atomic mass is 10.2. The van der Waals surface area contributed by atoms with Gasteiger partial charge in [-0.2, -0.15) is 0 Å². The Morgan fingerprint density at radius 2 is 1.25 bits per heavy atom. The van der Waals surface area contributed by atoms with Crippen molar-refractivity contribution in [1.29, 1.82) is 0 Å². The van der Waals surface area contributed by atoms with Gasteiger partial charge in [0.2, 0.25) is 0 Å². The fourth-order valence-electron chi connectivity index (χ4n) is 2.54. The maximum absolute atomic E-state index is 6.30. The quantitative estimate of drug-likeness (QED) is 0.553. The topological polar surface area (TPSA) is 31.0 Å². The number of hydrogen-bond acceptors (Lipinski definition) is 3. The van der Waals surface area contributed by atoms with Crippen LogP contribution in [-0.2, 0) is 13.6 Å². The lowest BCUT2D eigenvalue weighted by Crippen LogP contribution is -2.50. The first-order valence-electron chi connectivity index (χ1n) is 6.14. The van der Waals surface area contributed by atoms with Gasteiger partial charge >= 0.3 is 8.56 Å². The van der Waals surface area contributed by atoms with Gasteiger partial charge in [-0.05, 0) is 41.5 Å². The average Bonchev–Trinajstić information content (AvgIpc) is 2.50. The molecule has 0 saturated carbocycles. The number of fused-ring (bicyclic) bond motifs is 1. The van der Waals surface area contributed by atoms with Crippen LogP contribution in [-0.4, -0.2) is 32.0 Å². The zero-order valence-electron chi connectivity index (χ0n) is 11.3. The SMILES string of the molecule is CC(C)(C)O[Si]1(OC(C)(C)C)CC2OC2C1. The van der Waals surface area contributed by atoms with Gasteiger partial charge < -0.3 is 13.6 Å². The van der Waals surface area contributed by atoms with E-state index in [0.29, 0.717) is 12.2 Å². The lowest BCUT2D eigenvalue weighted by molar-refractivity contribution is 0.0125. The van der Waals surface area contributed by atoms with Gasteiger partial charge in [-0.3, -0.25) is 0 Å². The first-order chi connectivity index (χ1) is 7.09. The third-order valence-corrected chi connectivity index (χ3v) is 6.71. The Bertz CT molecular complexity index is 249. The van der Waals surface area contributed by atoms with E-state index in [0.717, 1.165) is 12.1 Å². The van der Waals surface area contributed by atoms with Crippen molar-refractivity contribution < 1.29 is 13.6 Å². The highest BCUT2D eigenvalue weighted by molar-refractivity contribution is 6.69. The van der Waals surface area contributed by atoms with Crippen LogP contribution in [0.15, 0.2) is 0 Å². The number of ether oxygens (including phenoxy) is 1. The molecule has 0 N–H and O–H groups in total. The van der Waals surface area contributed by atoms with Crippen molar-refractivity contribution in [2.45, 2.75) is 77.0 Å². The molecule has 0 aromatic carbocycles. The van der Waals surface area contributed by atoms with Crippen molar-refractivity contribution in [3.8, 4) is 0 Å². The van der Waals surface area contributed by atoms with E-state index in [2.05, 4.69) is 41.5 Å². The van der Waals surface area contributed by atoms with E-state index >= 15 is 0 Å². The van der Waals surface area contributed by atoms with E-state index < -0.39 is 8.56 Å². The molecule has 2 atom stereocenters. The van der Waals surface area contributed by atoms with Crippen molar-refractivity contribution in [3.05, 3.63) is 0 Å². The van der Waals surface area contributed by atoms with Crippen LogP contribution in [0.2, 0.25) is 12.1 Å². The van der Waals surface area contributed by atoms with E-state index in [4.69, 9.17) is 13.6 Å². The lowest BCUT2D eigenvalue weighted by Gasteiger charge is -2.39. The largest absolute Gasteiger partial charge is 0.389 e. The molecule has 2 aliphatic heterocycles. The first-order valence-corrected chi connectivity index (χ1v) is 8.38. The molecule has 0 aliphatic carbocycles. The van der Waals surface area contributed by atoms with Crippen LogP contribution >= 0.6 is 0 Å². The van der Waals surface area contributed by atoms with E-state index in [1.807, 2.05) is 0 Å². The molecule has 0 aromatic rings. The van der Waals surface area contributed by atoms with Gasteiger partial charge in [0, 0.05) is 12.1 Å². The van der Waals surface area contributed by atoms with Crippen molar-refractivity contribution in [3.63, 3.8) is 0 Å². The van der Waals surface area contributed by atoms with Gasteiger partial charge in [0.1, 0.15) is 0 Å². The molecule has 2 saturated heterocycles. The molecule has 2 rings (SSSR count). The molecule has 0 radical (unpaired) electrons. The van der Waals surface area contributed by atoms with Crippen molar-refractivity contribution in [2.75, 3.05) is 0 Å². The van der Waals surface area contributed by atoms with Crippen LogP contribution < -0.4 is 0 Å². The summed E-state index contributed by atoms with van der Waals surface area (Å²) in [5.41, 5.74) is -0.234. The summed E-state index contributed by atoms with van der Waals surface area (Å²) in [6, 6.07) is 2.01. The maximum atomic E-state index is 6.30. The number of hydrogen-bond donors (Lipinski definition) is 0. The molecular weight excluding hydrogens is 220 g/mol. The van der Waals surface area contributed by atoms with E-state index in [9.17, 15) is 0 Å². The summed E-state index contributed by atoms with van der Waals surface area (Å²) < 4.78 is 18.1. The normalized spacial score (nSPS) is 32.6. The fraction of sp³-hybridized carbons (Fsp3) is 1.00. The van der Waals surface area contributed by atoms with Gasteiger partial charge in [-0.1, -0.05) is 0 Å². The van der Waals surface area contributed by atoms with E-state index in [1.54, 1.807) is 0 Å². The molecule has 3 nitrogen and oxygen atoms in total. The molecule has 0 amide bonds. The molecule has 0 bridgehead atoms. The molecule has 16 heavy (non-hydrogen) atoms. The third kappa shape index (κ3) is 3.06. The van der Waals surface area contributed by atoms with E-state index in [-0.39, 0.29) is 11.2 Å². The summed E-state index contributed by atoms with van der Waals surface area (Å²) in [7, 11) is -2.04. The summed E-state index contributed by atoms with van der Waals surface area (Å²) in [4.78, 5) is 0. The van der Waals surface area contributed by atoms with E-state index in [1.165, 1.54) is 0 Å². The van der Waals surface area contributed by atoms with Crippen LogP contribution in [0.3, 0.4) is 0 Å². The Morgan fingerprint density at radius 1 is 0.875 bits per heavy atom. The standard InChI is InChI=1S/C12H24O3Si/c1-11(2,3)14-16(15-12(4,5)6)7-9-10(8-16)13-9/h9-10H,7-8H2,1-6H3. The molecule has 2 unspecified atom stereocenters. The second kappa shape index (κ2) is 3.54. The maximum Gasteiger partial charge on any atom is 0.344 e. The van der Waals surface area contributed by atoms with Crippen LogP contribution in [0, 0.1) is 0 Å². The smallest absolute Gasteiger partial charge is 0.344 e. The summed E-state index contributed by atoms with van der Waals surface area (Å²) >= 11 is 0. The Hall–Kier alpha value is 0.0969. The summed E-state index contributed by atoms with van der Waals surface area (Å²) in [5, 5.41) is 0. The minimum absolute atomic E-state index is 0.117. The fourth-order valence-corrected chi connectivity index (χ4v) is 7.26. The summed E-state index contributed by atoms with van der Waals surface area (Å²) in [6.45, 7) is 12.7. The first kappa shape index (κ1) is 12.6. The van der Waals surface area contributed by atoms with Crippen molar-refractivity contribution >= 4 is 8.56 Å². The second-order valence-corrected chi connectivity index (χ2v) is 10.0. The van der Waals surface area contributed by atoms with Crippen molar-refractivity contribution in [1.82, 2.24) is 0 Å². The molecule has 0 spiro atoms. The Labute approximate surface area is 99.7 Å². The highest BCUT2D eigenvalue weighted by atomic mass is 28.4. The predicted octanol–water partition coefficient (Wildman–Crippen LogP) is 2.84. The number of epoxide rings is 1. The Morgan fingerprint density at radius 3 is 1.56 bits per heavy atom. The van der Waals surface area contributed by atoms with Gasteiger partial charge in [-0.25, -0.2) is 0 Å². The zero-order valence-corrected chi connectivity index (χ0v) is 12.3. The highest BCUT2D eigenvalue weighted by Crippen LogP contribution is 2.48. The Balaban J connectivity index is 2.08. The summed E-state index contributed by atoms with van der Waals surface area (Å²) in [6.07, 6.45) is 0.854. The van der Waals surface area contributed by atoms with Crippen LogP contribution in [0.5, 0.6) is 0 Å². The van der Waals surface area contributed by atoms with Gasteiger partial charge in [0.25, 0.3) is 0 Å². The van der Waals surface area contributed by atoms with Gasteiger partial charge in [0.05, 0.1) is 23.4 Å². The number of rotatable bonds is 2. The van der Waals surface area contributed by atoms with Gasteiger partial charge in [-0.15, -0.1) is 0 Å². The highest BCUT2D eigenvalue weighted by Gasteiger charge is 2.62. The molecule has 2 aliphatic rings. The van der Waals surface area contributed by atoms with Crippen LogP contribution in [0.1, 0.15) is 41.5 Å². The molecule has 2 heterocycles. The van der Waals surface area contributed by atoms with Crippen molar-refractivity contribution in [2.24, 2.45) is 0 Å². The predicted molar refractivity (Wildman–Crippen MR) is 65.7 cm³/mol. The molecular formula is C12H24O3Si. The molecule has 94 valence electrons. The second-order valence-electron chi connectivity index (χ2n) is 6.96. The molecule has 4 heteroatoms. The third-order valence-electron chi connectivity index (χ3n) is 2.70. The average molecular weight is 244 g/mol. The van der Waals surface area contributed by atoms with Crippen LogP contribution in [0.25, 0.3) is 0 Å². The molecule has 2 fully saturated rings.